The van der Waals surface area contributed by atoms with Crippen LogP contribution in [-0.4, -0.2) is 8.42 Å². The second-order valence-corrected chi connectivity index (χ2v) is 7.03. The third-order valence-corrected chi connectivity index (χ3v) is 5.06. The maximum Gasteiger partial charge on any atom is 0.262 e. The van der Waals surface area contributed by atoms with E-state index in [0.29, 0.717) is 4.47 Å². The Labute approximate surface area is 131 Å². The molecule has 2 rings (SSSR count). The molecule has 0 saturated carbocycles. The van der Waals surface area contributed by atoms with Crippen molar-refractivity contribution in [2.45, 2.75) is 18.4 Å². The Hall–Kier alpha value is -1.44. The number of hydrogen-bond donors (Lipinski definition) is 2. The normalized spacial score (nSPS) is 11.4. The number of hydrogen-bond acceptors (Lipinski definition) is 3. The summed E-state index contributed by atoms with van der Waals surface area (Å²) in [6, 6.07) is 8.85. The van der Waals surface area contributed by atoms with Crippen molar-refractivity contribution in [2.75, 3.05) is 4.72 Å². The van der Waals surface area contributed by atoms with Crippen molar-refractivity contribution in [3.05, 3.63) is 57.8 Å². The minimum Gasteiger partial charge on any atom is -0.326 e. The van der Waals surface area contributed by atoms with Gasteiger partial charge in [0.25, 0.3) is 10.0 Å². The molecule has 2 aromatic carbocycles. The number of nitrogens with two attached hydrogens (primary N) is 1. The van der Waals surface area contributed by atoms with Gasteiger partial charge in [-0.15, -0.1) is 0 Å². The quantitative estimate of drug-likeness (QED) is 0.865. The maximum atomic E-state index is 13.7. The lowest BCUT2D eigenvalue weighted by Crippen LogP contribution is -2.15. The van der Waals surface area contributed by atoms with Crippen LogP contribution in [0.4, 0.5) is 10.1 Å². The largest absolute Gasteiger partial charge is 0.326 e. The summed E-state index contributed by atoms with van der Waals surface area (Å²) in [5.74, 6) is -0.654. The van der Waals surface area contributed by atoms with Gasteiger partial charge < -0.3 is 5.73 Å². The first-order chi connectivity index (χ1) is 9.85. The summed E-state index contributed by atoms with van der Waals surface area (Å²) in [5, 5.41) is 0. The highest BCUT2D eigenvalue weighted by Gasteiger charge is 2.18. The van der Waals surface area contributed by atoms with Crippen LogP contribution in [0.3, 0.4) is 0 Å². The van der Waals surface area contributed by atoms with E-state index in [2.05, 4.69) is 20.7 Å². The van der Waals surface area contributed by atoms with E-state index in [-0.39, 0.29) is 17.1 Å². The predicted molar refractivity (Wildman–Crippen MR) is 84.0 cm³/mol. The third-order valence-electron chi connectivity index (χ3n) is 3.05. The number of para-hydroxylation sites is 1. The summed E-state index contributed by atoms with van der Waals surface area (Å²) in [6.45, 7) is 2.08. The molecule has 7 heteroatoms. The van der Waals surface area contributed by atoms with Gasteiger partial charge >= 0.3 is 0 Å². The molecule has 0 atom stereocenters. The molecule has 4 nitrogen and oxygen atoms in total. The molecule has 0 heterocycles. The van der Waals surface area contributed by atoms with Gasteiger partial charge in [-0.3, -0.25) is 4.72 Å². The molecule has 0 fully saturated rings. The van der Waals surface area contributed by atoms with Gasteiger partial charge in [0, 0.05) is 11.0 Å². The SMILES string of the molecule is Cc1ccc(S(=O)(=O)Nc2c(F)cccc2Br)cc1CN. The molecule has 0 amide bonds. The zero-order chi connectivity index (χ0) is 15.6. The fourth-order valence-corrected chi connectivity index (χ4v) is 3.53. The second-order valence-electron chi connectivity index (χ2n) is 4.49. The fraction of sp³-hybridized carbons (Fsp3) is 0.143. The lowest BCUT2D eigenvalue weighted by molar-refractivity contribution is 0.598. The topological polar surface area (TPSA) is 72.2 Å². The Balaban J connectivity index is 2.44. The van der Waals surface area contributed by atoms with Crippen molar-refractivity contribution < 1.29 is 12.8 Å². The number of rotatable bonds is 4. The number of benzene rings is 2. The Morgan fingerprint density at radius 3 is 2.62 bits per heavy atom. The van der Waals surface area contributed by atoms with Crippen molar-refractivity contribution in [2.24, 2.45) is 5.73 Å². The lowest BCUT2D eigenvalue weighted by Gasteiger charge is -2.12. The standard InChI is InChI=1S/C14H14BrFN2O2S/c1-9-5-6-11(7-10(9)8-17)21(19,20)18-14-12(15)3-2-4-13(14)16/h2-7,18H,8,17H2,1H3. The Bertz CT molecular complexity index is 758. The molecule has 0 saturated heterocycles. The maximum absolute atomic E-state index is 13.7. The minimum absolute atomic E-state index is 0.0451. The van der Waals surface area contributed by atoms with Gasteiger partial charge in [0.1, 0.15) is 5.82 Å². The van der Waals surface area contributed by atoms with Crippen molar-refractivity contribution in [1.29, 1.82) is 0 Å². The number of aryl methyl sites for hydroxylation is 1. The van der Waals surface area contributed by atoms with Crippen molar-refractivity contribution in [1.82, 2.24) is 0 Å². The first-order valence-electron chi connectivity index (χ1n) is 6.11. The summed E-state index contributed by atoms with van der Waals surface area (Å²) in [4.78, 5) is 0.0451. The van der Waals surface area contributed by atoms with Crippen LogP contribution < -0.4 is 10.5 Å². The van der Waals surface area contributed by atoms with E-state index in [9.17, 15) is 12.8 Å². The Kier molecular flexibility index (Phi) is 4.65. The first kappa shape index (κ1) is 15.9. The summed E-state index contributed by atoms with van der Waals surface area (Å²) < 4.78 is 41.0. The minimum atomic E-state index is -3.88. The highest BCUT2D eigenvalue weighted by molar-refractivity contribution is 9.10. The van der Waals surface area contributed by atoms with Gasteiger partial charge in [-0.05, 0) is 58.2 Å². The van der Waals surface area contributed by atoms with E-state index in [0.717, 1.165) is 11.1 Å². The molecule has 2 aromatic rings. The van der Waals surface area contributed by atoms with Crippen LogP contribution in [0, 0.1) is 12.7 Å². The zero-order valence-electron chi connectivity index (χ0n) is 11.2. The van der Waals surface area contributed by atoms with E-state index in [1.807, 2.05) is 6.92 Å². The average Bonchev–Trinajstić information content (AvgIpc) is 2.43. The second kappa shape index (κ2) is 6.13. The van der Waals surface area contributed by atoms with E-state index < -0.39 is 15.8 Å². The molecule has 0 aromatic heterocycles. The van der Waals surface area contributed by atoms with Gasteiger partial charge in [0.2, 0.25) is 0 Å². The lowest BCUT2D eigenvalue weighted by atomic mass is 10.1. The smallest absolute Gasteiger partial charge is 0.262 e. The van der Waals surface area contributed by atoms with Gasteiger partial charge in [-0.25, -0.2) is 12.8 Å². The van der Waals surface area contributed by atoms with Crippen LogP contribution in [0.2, 0.25) is 0 Å². The first-order valence-corrected chi connectivity index (χ1v) is 8.39. The van der Waals surface area contributed by atoms with Crippen LogP contribution >= 0.6 is 15.9 Å². The van der Waals surface area contributed by atoms with Crippen LogP contribution in [0.25, 0.3) is 0 Å². The highest BCUT2D eigenvalue weighted by atomic mass is 79.9. The molecule has 3 N–H and O–H groups in total. The van der Waals surface area contributed by atoms with E-state index in [1.165, 1.54) is 24.3 Å². The summed E-state index contributed by atoms with van der Waals surface area (Å²) in [5.41, 5.74) is 7.10. The van der Waals surface area contributed by atoms with E-state index >= 15 is 0 Å². The highest BCUT2D eigenvalue weighted by Crippen LogP contribution is 2.28. The summed E-state index contributed by atoms with van der Waals surface area (Å²) in [7, 11) is -3.88. The van der Waals surface area contributed by atoms with Crippen LogP contribution in [0.5, 0.6) is 0 Å². The molecule has 0 spiro atoms. The monoisotopic (exact) mass is 372 g/mol. The van der Waals surface area contributed by atoms with Crippen molar-refractivity contribution >= 4 is 31.6 Å². The molecule has 112 valence electrons. The van der Waals surface area contributed by atoms with Gasteiger partial charge in [0.15, 0.2) is 0 Å². The molecule has 0 unspecified atom stereocenters. The number of halogens is 2. The Morgan fingerprint density at radius 1 is 1.29 bits per heavy atom. The fourth-order valence-electron chi connectivity index (χ4n) is 1.82. The van der Waals surface area contributed by atoms with Gasteiger partial charge in [-0.2, -0.15) is 0 Å². The van der Waals surface area contributed by atoms with Crippen LogP contribution in [0.1, 0.15) is 11.1 Å². The summed E-state index contributed by atoms with van der Waals surface area (Å²) in [6.07, 6.45) is 0. The molecule has 0 bridgehead atoms. The molecule has 21 heavy (non-hydrogen) atoms. The van der Waals surface area contributed by atoms with Gasteiger partial charge in [0.05, 0.1) is 10.6 Å². The van der Waals surface area contributed by atoms with Crippen molar-refractivity contribution in [3.63, 3.8) is 0 Å². The Morgan fingerprint density at radius 2 is 2.00 bits per heavy atom. The van der Waals surface area contributed by atoms with Crippen molar-refractivity contribution in [3.8, 4) is 0 Å². The third kappa shape index (κ3) is 3.42. The molecular weight excluding hydrogens is 359 g/mol. The average molecular weight is 373 g/mol. The molecule has 0 aliphatic carbocycles. The number of nitrogens with one attached hydrogen (secondary N) is 1. The molecule has 0 aliphatic heterocycles. The van der Waals surface area contributed by atoms with E-state index in [4.69, 9.17) is 5.73 Å². The predicted octanol–water partition coefficient (Wildman–Crippen LogP) is 3.16. The zero-order valence-corrected chi connectivity index (χ0v) is 13.6. The van der Waals surface area contributed by atoms with Gasteiger partial charge in [-0.1, -0.05) is 12.1 Å². The van der Waals surface area contributed by atoms with Crippen LogP contribution in [0.15, 0.2) is 45.8 Å². The summed E-state index contributed by atoms with van der Waals surface area (Å²) >= 11 is 3.13. The van der Waals surface area contributed by atoms with E-state index in [1.54, 1.807) is 12.1 Å². The van der Waals surface area contributed by atoms with Crippen LogP contribution in [-0.2, 0) is 16.6 Å². The molecule has 0 radical (unpaired) electrons. The molecular formula is C14H14BrFN2O2S. The number of anilines is 1. The molecule has 0 aliphatic rings. The number of sulfonamides is 1.